The van der Waals surface area contributed by atoms with Crippen LogP contribution in [0.4, 0.5) is 0 Å². The quantitative estimate of drug-likeness (QED) is 0.807. The van der Waals surface area contributed by atoms with Gasteiger partial charge in [-0.05, 0) is 38.9 Å². The fourth-order valence-corrected chi connectivity index (χ4v) is 2.44. The van der Waals surface area contributed by atoms with Gasteiger partial charge in [0, 0.05) is 25.6 Å². The molecule has 0 aliphatic rings. The number of hydrogen-bond acceptors (Lipinski definition) is 3. The minimum Gasteiger partial charge on any atom is -0.359 e. The number of likely N-dealkylation sites (N-methyl/N-ethyl adjacent to an activating group) is 1. The van der Waals surface area contributed by atoms with E-state index in [1.54, 1.807) is 7.05 Å². The Labute approximate surface area is 121 Å². The SMILES string of the molecule is CNC(=O)CCN(C)CC(=O)c1c(C)cc(C)cc1C. The van der Waals surface area contributed by atoms with Crippen LogP contribution in [-0.4, -0.2) is 43.8 Å². The van der Waals surface area contributed by atoms with Crippen LogP contribution in [0.5, 0.6) is 0 Å². The van der Waals surface area contributed by atoms with Crippen molar-refractivity contribution < 1.29 is 9.59 Å². The van der Waals surface area contributed by atoms with Crippen LogP contribution in [0.3, 0.4) is 0 Å². The number of carbonyl (C=O) groups is 2. The fraction of sp³-hybridized carbons (Fsp3) is 0.500. The molecule has 0 saturated heterocycles. The maximum atomic E-state index is 12.4. The summed E-state index contributed by atoms with van der Waals surface area (Å²) in [4.78, 5) is 25.5. The van der Waals surface area contributed by atoms with Gasteiger partial charge in [-0.3, -0.25) is 14.5 Å². The molecule has 1 amide bonds. The largest absolute Gasteiger partial charge is 0.359 e. The monoisotopic (exact) mass is 276 g/mol. The van der Waals surface area contributed by atoms with Gasteiger partial charge in [0.15, 0.2) is 5.78 Å². The van der Waals surface area contributed by atoms with Gasteiger partial charge in [-0.1, -0.05) is 17.7 Å². The molecular formula is C16H24N2O2. The summed E-state index contributed by atoms with van der Waals surface area (Å²) in [6, 6.07) is 4.07. The van der Waals surface area contributed by atoms with Gasteiger partial charge in [-0.25, -0.2) is 0 Å². The van der Waals surface area contributed by atoms with Gasteiger partial charge in [-0.2, -0.15) is 0 Å². The number of nitrogens with zero attached hydrogens (tertiary/aromatic N) is 1. The van der Waals surface area contributed by atoms with Crippen molar-refractivity contribution in [1.82, 2.24) is 10.2 Å². The molecule has 0 saturated carbocycles. The van der Waals surface area contributed by atoms with E-state index in [-0.39, 0.29) is 11.7 Å². The van der Waals surface area contributed by atoms with Crippen LogP contribution >= 0.6 is 0 Å². The molecule has 0 heterocycles. The number of hydrogen-bond donors (Lipinski definition) is 1. The lowest BCUT2D eigenvalue weighted by Gasteiger charge is -2.17. The summed E-state index contributed by atoms with van der Waals surface area (Å²) in [6.07, 6.45) is 0.409. The second-order valence-corrected chi connectivity index (χ2v) is 5.36. The topological polar surface area (TPSA) is 49.4 Å². The lowest BCUT2D eigenvalue weighted by atomic mass is 9.96. The molecule has 4 heteroatoms. The van der Waals surface area contributed by atoms with Crippen molar-refractivity contribution in [3.63, 3.8) is 0 Å². The molecule has 0 bridgehead atoms. The molecule has 0 fully saturated rings. The van der Waals surface area contributed by atoms with Crippen LogP contribution < -0.4 is 5.32 Å². The van der Waals surface area contributed by atoms with E-state index in [9.17, 15) is 9.59 Å². The van der Waals surface area contributed by atoms with E-state index in [0.29, 0.717) is 19.5 Å². The van der Waals surface area contributed by atoms with Crippen LogP contribution in [-0.2, 0) is 4.79 Å². The molecule has 1 aromatic rings. The van der Waals surface area contributed by atoms with E-state index < -0.39 is 0 Å². The second-order valence-electron chi connectivity index (χ2n) is 5.36. The summed E-state index contributed by atoms with van der Waals surface area (Å²) in [5.41, 5.74) is 4.02. The summed E-state index contributed by atoms with van der Waals surface area (Å²) >= 11 is 0. The van der Waals surface area contributed by atoms with E-state index in [2.05, 4.69) is 5.32 Å². The Kier molecular flexibility index (Phi) is 5.89. The summed E-state index contributed by atoms with van der Waals surface area (Å²) in [5.74, 6) is 0.103. The Bertz CT molecular complexity index is 486. The van der Waals surface area contributed by atoms with Crippen molar-refractivity contribution in [3.05, 3.63) is 34.4 Å². The molecule has 0 aliphatic heterocycles. The zero-order chi connectivity index (χ0) is 15.3. The zero-order valence-corrected chi connectivity index (χ0v) is 13.0. The van der Waals surface area contributed by atoms with E-state index in [1.165, 1.54) is 5.56 Å². The second kappa shape index (κ2) is 7.20. The molecule has 0 unspecified atom stereocenters. The highest BCUT2D eigenvalue weighted by Gasteiger charge is 2.15. The standard InChI is InChI=1S/C16H24N2O2/c1-11-8-12(2)16(13(3)9-11)14(19)10-18(5)7-6-15(20)17-4/h8-9H,6-7,10H2,1-5H3,(H,17,20). The molecular weight excluding hydrogens is 252 g/mol. The smallest absolute Gasteiger partial charge is 0.221 e. The molecule has 0 radical (unpaired) electrons. The summed E-state index contributed by atoms with van der Waals surface area (Å²) < 4.78 is 0. The molecule has 4 nitrogen and oxygen atoms in total. The maximum Gasteiger partial charge on any atom is 0.221 e. The van der Waals surface area contributed by atoms with E-state index in [1.807, 2.05) is 44.9 Å². The third-order valence-corrected chi connectivity index (χ3v) is 3.37. The summed E-state index contributed by atoms with van der Waals surface area (Å²) in [6.45, 7) is 6.89. The van der Waals surface area contributed by atoms with Crippen molar-refractivity contribution in [2.24, 2.45) is 0 Å². The van der Waals surface area contributed by atoms with Gasteiger partial charge in [0.2, 0.25) is 5.91 Å². The molecule has 0 spiro atoms. The van der Waals surface area contributed by atoms with E-state index >= 15 is 0 Å². The molecule has 0 atom stereocenters. The first-order chi connectivity index (χ1) is 9.35. The molecule has 1 rings (SSSR count). The molecule has 20 heavy (non-hydrogen) atoms. The first-order valence-electron chi connectivity index (χ1n) is 6.85. The minimum atomic E-state index is -0.00741. The van der Waals surface area contributed by atoms with Gasteiger partial charge in [0.25, 0.3) is 0 Å². The lowest BCUT2D eigenvalue weighted by Crippen LogP contribution is -2.31. The molecule has 0 aromatic heterocycles. The zero-order valence-electron chi connectivity index (χ0n) is 13.0. The van der Waals surface area contributed by atoms with Gasteiger partial charge in [-0.15, -0.1) is 0 Å². The number of carbonyl (C=O) groups excluding carboxylic acids is 2. The van der Waals surface area contributed by atoms with Gasteiger partial charge >= 0.3 is 0 Å². The van der Waals surface area contributed by atoms with Gasteiger partial charge < -0.3 is 5.32 Å². The molecule has 1 aromatic carbocycles. The third kappa shape index (κ3) is 4.46. The predicted molar refractivity (Wildman–Crippen MR) is 81.2 cm³/mol. The van der Waals surface area contributed by atoms with Crippen molar-refractivity contribution in [2.45, 2.75) is 27.2 Å². The van der Waals surface area contributed by atoms with Crippen LogP contribution in [0.1, 0.15) is 33.5 Å². The first-order valence-corrected chi connectivity index (χ1v) is 6.85. The number of nitrogens with one attached hydrogen (secondary N) is 1. The minimum absolute atomic E-state index is 0.00741. The highest BCUT2D eigenvalue weighted by atomic mass is 16.1. The number of Topliss-reactive ketones (excluding diaryl/α,β-unsaturated/α-hetero) is 1. The number of aryl methyl sites for hydroxylation is 3. The number of amides is 1. The Balaban J connectivity index is 2.70. The Morgan fingerprint density at radius 2 is 1.70 bits per heavy atom. The van der Waals surface area contributed by atoms with Crippen molar-refractivity contribution >= 4 is 11.7 Å². The Hall–Kier alpha value is -1.68. The van der Waals surface area contributed by atoms with E-state index in [4.69, 9.17) is 0 Å². The number of ketones is 1. The third-order valence-electron chi connectivity index (χ3n) is 3.37. The lowest BCUT2D eigenvalue weighted by molar-refractivity contribution is -0.120. The van der Waals surface area contributed by atoms with Crippen molar-refractivity contribution in [2.75, 3.05) is 27.2 Å². The van der Waals surface area contributed by atoms with Crippen LogP contribution in [0.2, 0.25) is 0 Å². The normalized spacial score (nSPS) is 10.7. The average Bonchev–Trinajstić information content (AvgIpc) is 2.34. The molecule has 0 aliphatic carbocycles. The fourth-order valence-electron chi connectivity index (χ4n) is 2.44. The Morgan fingerprint density at radius 1 is 1.15 bits per heavy atom. The Morgan fingerprint density at radius 3 is 2.20 bits per heavy atom. The summed E-state index contributed by atoms with van der Waals surface area (Å²) in [5, 5.41) is 2.58. The van der Waals surface area contributed by atoms with Crippen LogP contribution in [0.15, 0.2) is 12.1 Å². The van der Waals surface area contributed by atoms with Gasteiger partial charge in [0.05, 0.1) is 6.54 Å². The number of rotatable bonds is 6. The maximum absolute atomic E-state index is 12.4. The van der Waals surface area contributed by atoms with Gasteiger partial charge in [0.1, 0.15) is 0 Å². The van der Waals surface area contributed by atoms with Crippen molar-refractivity contribution in [1.29, 1.82) is 0 Å². The van der Waals surface area contributed by atoms with Crippen LogP contribution in [0.25, 0.3) is 0 Å². The highest BCUT2D eigenvalue weighted by molar-refractivity contribution is 6.00. The van der Waals surface area contributed by atoms with Crippen LogP contribution in [0, 0.1) is 20.8 Å². The van der Waals surface area contributed by atoms with Crippen molar-refractivity contribution in [3.8, 4) is 0 Å². The summed E-state index contributed by atoms with van der Waals surface area (Å²) in [7, 11) is 3.48. The predicted octanol–water partition coefficient (Wildman–Crippen LogP) is 1.86. The molecule has 1 N–H and O–H groups in total. The number of benzene rings is 1. The average molecular weight is 276 g/mol. The highest BCUT2D eigenvalue weighted by Crippen LogP contribution is 2.17. The van der Waals surface area contributed by atoms with E-state index in [0.717, 1.165) is 16.7 Å². The first kappa shape index (κ1) is 16.4. The molecule has 110 valence electrons.